The molecule has 0 unspecified atom stereocenters. The van der Waals surface area contributed by atoms with Crippen LogP contribution in [0, 0.1) is 5.82 Å². The molecule has 1 aromatic carbocycles. The number of aromatic nitrogens is 1. The standard InChI is InChI=1S/C14H14FN3O/c15-11-6-4-10(5-7-11)8-9-17-14(19)12-2-1-3-13(16)18-12/h1-7H,8-9H2,(H2,16,18)(H,17,19). The average molecular weight is 259 g/mol. The first-order valence-corrected chi connectivity index (χ1v) is 5.90. The Kier molecular flexibility index (Phi) is 4.07. The van der Waals surface area contributed by atoms with Gasteiger partial charge in [0.05, 0.1) is 0 Å². The SMILES string of the molecule is Nc1cccc(C(=O)NCCc2ccc(F)cc2)n1. The molecule has 2 aromatic rings. The van der Waals surface area contributed by atoms with Gasteiger partial charge in [0.2, 0.25) is 0 Å². The van der Waals surface area contributed by atoms with E-state index in [4.69, 9.17) is 5.73 Å². The molecular weight excluding hydrogens is 245 g/mol. The minimum Gasteiger partial charge on any atom is -0.384 e. The van der Waals surface area contributed by atoms with Gasteiger partial charge < -0.3 is 11.1 Å². The highest BCUT2D eigenvalue weighted by Crippen LogP contribution is 2.03. The summed E-state index contributed by atoms with van der Waals surface area (Å²) in [6.45, 7) is 0.459. The molecule has 0 aliphatic rings. The lowest BCUT2D eigenvalue weighted by molar-refractivity contribution is 0.0949. The number of hydrogen-bond donors (Lipinski definition) is 2. The smallest absolute Gasteiger partial charge is 0.269 e. The van der Waals surface area contributed by atoms with Crippen molar-refractivity contribution in [3.05, 3.63) is 59.5 Å². The zero-order chi connectivity index (χ0) is 13.7. The van der Waals surface area contributed by atoms with Gasteiger partial charge in [0.1, 0.15) is 17.3 Å². The van der Waals surface area contributed by atoms with E-state index in [0.717, 1.165) is 5.56 Å². The summed E-state index contributed by atoms with van der Waals surface area (Å²) in [5.74, 6) is -0.225. The van der Waals surface area contributed by atoms with Crippen LogP contribution >= 0.6 is 0 Å². The number of pyridine rings is 1. The molecule has 2 rings (SSSR count). The Morgan fingerprint density at radius 3 is 2.63 bits per heavy atom. The Hall–Kier alpha value is -2.43. The molecule has 0 atom stereocenters. The van der Waals surface area contributed by atoms with E-state index in [0.29, 0.717) is 24.5 Å². The summed E-state index contributed by atoms with van der Waals surface area (Å²) in [5, 5.41) is 2.74. The van der Waals surface area contributed by atoms with Crippen molar-refractivity contribution in [2.45, 2.75) is 6.42 Å². The van der Waals surface area contributed by atoms with Crippen LogP contribution in [0.2, 0.25) is 0 Å². The van der Waals surface area contributed by atoms with E-state index in [2.05, 4.69) is 10.3 Å². The fraction of sp³-hybridized carbons (Fsp3) is 0.143. The van der Waals surface area contributed by atoms with Crippen LogP contribution in [-0.2, 0) is 6.42 Å². The number of hydrogen-bond acceptors (Lipinski definition) is 3. The van der Waals surface area contributed by atoms with Crippen molar-refractivity contribution < 1.29 is 9.18 Å². The average Bonchev–Trinajstić information content (AvgIpc) is 2.41. The second-order valence-corrected chi connectivity index (χ2v) is 4.08. The minimum absolute atomic E-state index is 0.267. The molecule has 0 saturated heterocycles. The van der Waals surface area contributed by atoms with Gasteiger partial charge in [0.15, 0.2) is 0 Å². The first-order chi connectivity index (χ1) is 9.15. The van der Waals surface area contributed by atoms with Crippen molar-refractivity contribution in [1.29, 1.82) is 0 Å². The van der Waals surface area contributed by atoms with Gasteiger partial charge in [-0.25, -0.2) is 9.37 Å². The zero-order valence-electron chi connectivity index (χ0n) is 10.3. The number of anilines is 1. The third kappa shape index (κ3) is 3.77. The van der Waals surface area contributed by atoms with Crippen LogP contribution in [0.15, 0.2) is 42.5 Å². The molecule has 0 saturated carbocycles. The van der Waals surface area contributed by atoms with E-state index in [1.165, 1.54) is 12.1 Å². The Bertz CT molecular complexity index is 569. The molecule has 0 aliphatic heterocycles. The van der Waals surface area contributed by atoms with Crippen molar-refractivity contribution in [3.8, 4) is 0 Å². The van der Waals surface area contributed by atoms with E-state index in [-0.39, 0.29) is 11.7 Å². The van der Waals surface area contributed by atoms with Gasteiger partial charge in [-0.2, -0.15) is 0 Å². The highest BCUT2D eigenvalue weighted by molar-refractivity contribution is 5.92. The molecule has 5 heteroatoms. The second-order valence-electron chi connectivity index (χ2n) is 4.08. The maximum atomic E-state index is 12.7. The zero-order valence-corrected chi connectivity index (χ0v) is 10.3. The molecular formula is C14H14FN3O. The maximum absolute atomic E-state index is 12.7. The number of nitrogens with two attached hydrogens (primary N) is 1. The lowest BCUT2D eigenvalue weighted by atomic mass is 10.1. The summed E-state index contributed by atoms with van der Waals surface area (Å²) in [5.41, 5.74) is 6.75. The van der Waals surface area contributed by atoms with Crippen LogP contribution in [-0.4, -0.2) is 17.4 Å². The van der Waals surface area contributed by atoms with Crippen molar-refractivity contribution in [2.75, 3.05) is 12.3 Å². The number of carbonyl (C=O) groups excluding carboxylic acids is 1. The van der Waals surface area contributed by atoms with Crippen molar-refractivity contribution in [2.24, 2.45) is 0 Å². The van der Waals surface area contributed by atoms with Crippen LogP contribution in [0.4, 0.5) is 10.2 Å². The highest BCUT2D eigenvalue weighted by atomic mass is 19.1. The molecule has 0 fully saturated rings. The number of halogens is 1. The Balaban J connectivity index is 1.86. The van der Waals surface area contributed by atoms with Gasteiger partial charge in [0, 0.05) is 6.54 Å². The number of rotatable bonds is 4. The third-order valence-electron chi connectivity index (χ3n) is 2.62. The van der Waals surface area contributed by atoms with Crippen LogP contribution < -0.4 is 11.1 Å². The van der Waals surface area contributed by atoms with E-state index < -0.39 is 0 Å². The van der Waals surface area contributed by atoms with Crippen LogP contribution in [0.1, 0.15) is 16.1 Å². The Morgan fingerprint density at radius 1 is 1.21 bits per heavy atom. The summed E-state index contributed by atoms with van der Waals surface area (Å²) < 4.78 is 12.7. The van der Waals surface area contributed by atoms with Crippen LogP contribution in [0.3, 0.4) is 0 Å². The lowest BCUT2D eigenvalue weighted by Crippen LogP contribution is -2.26. The Labute approximate surface area is 110 Å². The summed E-state index contributed by atoms with van der Waals surface area (Å²) in [6, 6.07) is 11.1. The molecule has 98 valence electrons. The minimum atomic E-state index is -0.269. The molecule has 0 bridgehead atoms. The molecule has 19 heavy (non-hydrogen) atoms. The van der Waals surface area contributed by atoms with Gasteiger partial charge >= 0.3 is 0 Å². The monoisotopic (exact) mass is 259 g/mol. The molecule has 1 heterocycles. The van der Waals surface area contributed by atoms with E-state index in [9.17, 15) is 9.18 Å². The van der Waals surface area contributed by atoms with Gasteiger partial charge in [-0.3, -0.25) is 4.79 Å². The maximum Gasteiger partial charge on any atom is 0.269 e. The summed E-state index contributed by atoms with van der Waals surface area (Å²) in [4.78, 5) is 15.7. The van der Waals surface area contributed by atoms with E-state index in [1.54, 1.807) is 30.3 Å². The van der Waals surface area contributed by atoms with Crippen LogP contribution in [0.25, 0.3) is 0 Å². The molecule has 4 nitrogen and oxygen atoms in total. The van der Waals surface area contributed by atoms with Crippen molar-refractivity contribution >= 4 is 11.7 Å². The normalized spacial score (nSPS) is 10.2. The number of carbonyl (C=O) groups is 1. The fourth-order valence-corrected chi connectivity index (χ4v) is 1.64. The second kappa shape index (κ2) is 5.95. The van der Waals surface area contributed by atoms with Crippen molar-refractivity contribution in [3.63, 3.8) is 0 Å². The van der Waals surface area contributed by atoms with Gasteiger partial charge in [0.25, 0.3) is 5.91 Å². The number of nitrogen functional groups attached to an aromatic ring is 1. The molecule has 0 spiro atoms. The molecule has 3 N–H and O–H groups in total. The van der Waals surface area contributed by atoms with Gasteiger partial charge in [-0.05, 0) is 36.2 Å². The van der Waals surface area contributed by atoms with Gasteiger partial charge in [-0.15, -0.1) is 0 Å². The largest absolute Gasteiger partial charge is 0.384 e. The predicted octanol–water partition coefficient (Wildman–Crippen LogP) is 1.78. The molecule has 1 amide bonds. The number of nitrogens with zero attached hydrogens (tertiary/aromatic N) is 1. The van der Waals surface area contributed by atoms with Crippen molar-refractivity contribution in [1.82, 2.24) is 10.3 Å². The van der Waals surface area contributed by atoms with Crippen LogP contribution in [0.5, 0.6) is 0 Å². The third-order valence-corrected chi connectivity index (χ3v) is 2.62. The summed E-state index contributed by atoms with van der Waals surface area (Å²) in [7, 11) is 0. The topological polar surface area (TPSA) is 68.0 Å². The first kappa shape index (κ1) is 13.0. The van der Waals surface area contributed by atoms with E-state index in [1.807, 2.05) is 0 Å². The predicted molar refractivity (Wildman–Crippen MR) is 71.1 cm³/mol. The Morgan fingerprint density at radius 2 is 1.95 bits per heavy atom. The highest BCUT2D eigenvalue weighted by Gasteiger charge is 2.06. The lowest BCUT2D eigenvalue weighted by Gasteiger charge is -2.05. The fourth-order valence-electron chi connectivity index (χ4n) is 1.64. The first-order valence-electron chi connectivity index (χ1n) is 5.90. The quantitative estimate of drug-likeness (QED) is 0.879. The molecule has 0 aliphatic carbocycles. The van der Waals surface area contributed by atoms with Gasteiger partial charge in [-0.1, -0.05) is 18.2 Å². The summed E-state index contributed by atoms with van der Waals surface area (Å²) >= 11 is 0. The molecule has 0 radical (unpaired) electrons. The number of amides is 1. The molecule has 1 aromatic heterocycles. The summed E-state index contributed by atoms with van der Waals surface area (Å²) in [6.07, 6.45) is 0.633. The number of nitrogens with one attached hydrogen (secondary N) is 1. The number of benzene rings is 1. The van der Waals surface area contributed by atoms with E-state index >= 15 is 0 Å².